The van der Waals surface area contributed by atoms with E-state index in [1.807, 2.05) is 43.5 Å². The maximum absolute atomic E-state index is 12.2. The molecular weight excluding hydrogens is 304 g/mol. The maximum atomic E-state index is 12.2. The SMILES string of the molecule is CC.COC(=O)C1CCC(Cn2c(=O)[nH]c3ccc(C)cc32)CC1. The first-order valence-electron chi connectivity index (χ1n) is 8.85. The molecule has 0 unspecified atom stereocenters. The number of rotatable bonds is 3. The summed E-state index contributed by atoms with van der Waals surface area (Å²) in [6, 6.07) is 6.01. The number of fused-ring (bicyclic) bond motifs is 1. The molecule has 0 aliphatic heterocycles. The lowest BCUT2D eigenvalue weighted by Crippen LogP contribution is -2.27. The Labute approximate surface area is 143 Å². The van der Waals surface area contributed by atoms with Gasteiger partial charge in [-0.3, -0.25) is 9.36 Å². The van der Waals surface area contributed by atoms with Crippen LogP contribution < -0.4 is 5.69 Å². The first-order chi connectivity index (χ1) is 11.6. The number of hydrogen-bond acceptors (Lipinski definition) is 3. The standard InChI is InChI=1S/C17H22N2O3.C2H6/c1-11-3-8-14-15(9-11)19(17(21)18-14)10-12-4-6-13(7-5-12)16(20)22-2;1-2/h3,8-9,12-13H,4-7,10H2,1-2H3,(H,18,21);1-2H3. The van der Waals surface area contributed by atoms with Crippen molar-refractivity contribution in [3.8, 4) is 0 Å². The maximum Gasteiger partial charge on any atom is 0.326 e. The molecule has 1 aromatic carbocycles. The lowest BCUT2D eigenvalue weighted by Gasteiger charge is -2.27. The first kappa shape index (κ1) is 18.3. The van der Waals surface area contributed by atoms with Gasteiger partial charge in [-0.25, -0.2) is 4.79 Å². The average molecular weight is 332 g/mol. The molecule has 1 heterocycles. The van der Waals surface area contributed by atoms with Crippen molar-refractivity contribution in [1.82, 2.24) is 9.55 Å². The number of carbonyl (C=O) groups is 1. The number of nitrogens with one attached hydrogen (secondary N) is 1. The van der Waals surface area contributed by atoms with E-state index in [0.29, 0.717) is 5.92 Å². The number of nitrogens with zero attached hydrogens (tertiary/aromatic N) is 1. The highest BCUT2D eigenvalue weighted by Crippen LogP contribution is 2.30. The zero-order valence-electron chi connectivity index (χ0n) is 15.1. The predicted octanol–water partition coefficient (Wildman–Crippen LogP) is 3.64. The fourth-order valence-corrected chi connectivity index (χ4v) is 3.45. The third-order valence-electron chi connectivity index (χ3n) is 4.75. The number of carbonyl (C=O) groups excluding carboxylic acids is 1. The van der Waals surface area contributed by atoms with Crippen molar-refractivity contribution in [2.75, 3.05) is 7.11 Å². The highest BCUT2D eigenvalue weighted by Gasteiger charge is 2.27. The second kappa shape index (κ2) is 8.18. The highest BCUT2D eigenvalue weighted by atomic mass is 16.5. The Hall–Kier alpha value is -2.04. The molecule has 1 fully saturated rings. The van der Waals surface area contributed by atoms with Gasteiger partial charge in [-0.1, -0.05) is 19.9 Å². The molecule has 2 aromatic rings. The third kappa shape index (κ3) is 3.89. The molecule has 132 valence electrons. The smallest absolute Gasteiger partial charge is 0.326 e. The van der Waals surface area contributed by atoms with Crippen molar-refractivity contribution in [2.24, 2.45) is 11.8 Å². The monoisotopic (exact) mass is 332 g/mol. The molecule has 1 saturated carbocycles. The Morgan fingerprint density at radius 1 is 1.25 bits per heavy atom. The summed E-state index contributed by atoms with van der Waals surface area (Å²) < 4.78 is 6.66. The Kier molecular flexibility index (Phi) is 6.23. The van der Waals surface area contributed by atoms with E-state index in [1.165, 1.54) is 7.11 Å². The van der Waals surface area contributed by atoms with Gasteiger partial charge in [-0.2, -0.15) is 0 Å². The fourth-order valence-electron chi connectivity index (χ4n) is 3.45. The van der Waals surface area contributed by atoms with Crippen molar-refractivity contribution in [3.05, 3.63) is 34.2 Å². The van der Waals surface area contributed by atoms with Gasteiger partial charge in [0.15, 0.2) is 0 Å². The van der Waals surface area contributed by atoms with Gasteiger partial charge in [0.05, 0.1) is 24.1 Å². The summed E-state index contributed by atoms with van der Waals surface area (Å²) >= 11 is 0. The first-order valence-corrected chi connectivity index (χ1v) is 8.85. The van der Waals surface area contributed by atoms with E-state index in [9.17, 15) is 9.59 Å². The second-order valence-corrected chi connectivity index (χ2v) is 6.30. The number of imidazole rings is 1. The van der Waals surface area contributed by atoms with Crippen LogP contribution in [0.4, 0.5) is 0 Å². The molecule has 0 amide bonds. The van der Waals surface area contributed by atoms with Crippen molar-refractivity contribution < 1.29 is 9.53 Å². The number of hydrogen-bond donors (Lipinski definition) is 1. The minimum atomic E-state index is -0.0988. The molecule has 1 aliphatic rings. The molecule has 5 nitrogen and oxygen atoms in total. The summed E-state index contributed by atoms with van der Waals surface area (Å²) in [5.41, 5.74) is 2.96. The van der Waals surface area contributed by atoms with Crippen LogP contribution in [0.5, 0.6) is 0 Å². The minimum Gasteiger partial charge on any atom is -0.469 e. The van der Waals surface area contributed by atoms with Crippen LogP contribution in [0.3, 0.4) is 0 Å². The predicted molar refractivity (Wildman–Crippen MR) is 96.1 cm³/mol. The Morgan fingerprint density at radius 2 is 1.92 bits per heavy atom. The van der Waals surface area contributed by atoms with Crippen LogP contribution in [0.15, 0.2) is 23.0 Å². The van der Waals surface area contributed by atoms with Crippen molar-refractivity contribution >= 4 is 17.0 Å². The largest absolute Gasteiger partial charge is 0.469 e. The van der Waals surface area contributed by atoms with Crippen LogP contribution in [-0.2, 0) is 16.1 Å². The lowest BCUT2D eigenvalue weighted by atomic mass is 9.82. The van der Waals surface area contributed by atoms with Gasteiger partial charge in [0.1, 0.15) is 0 Å². The summed E-state index contributed by atoms with van der Waals surface area (Å²) in [4.78, 5) is 26.7. The van der Waals surface area contributed by atoms with Crippen LogP contribution in [0.25, 0.3) is 11.0 Å². The Morgan fingerprint density at radius 3 is 2.54 bits per heavy atom. The number of H-pyrrole nitrogens is 1. The van der Waals surface area contributed by atoms with E-state index >= 15 is 0 Å². The van der Waals surface area contributed by atoms with Crippen LogP contribution >= 0.6 is 0 Å². The summed E-state index contributed by atoms with van der Waals surface area (Å²) in [6.07, 6.45) is 3.64. The van der Waals surface area contributed by atoms with Gasteiger partial charge in [0.2, 0.25) is 0 Å². The van der Waals surface area contributed by atoms with E-state index in [2.05, 4.69) is 4.98 Å². The summed E-state index contributed by atoms with van der Waals surface area (Å²) in [5, 5.41) is 0. The third-order valence-corrected chi connectivity index (χ3v) is 4.75. The number of benzene rings is 1. The average Bonchev–Trinajstić information content (AvgIpc) is 2.92. The fraction of sp³-hybridized carbons (Fsp3) is 0.579. The molecular formula is C19H28N2O3. The molecule has 0 saturated heterocycles. The number of aryl methyl sites for hydroxylation is 1. The van der Waals surface area contributed by atoms with E-state index in [0.717, 1.165) is 48.8 Å². The molecule has 3 rings (SSSR count). The number of methoxy groups -OCH3 is 1. The van der Waals surface area contributed by atoms with Gasteiger partial charge in [-0.05, 0) is 56.2 Å². The van der Waals surface area contributed by atoms with Gasteiger partial charge >= 0.3 is 11.7 Å². The topological polar surface area (TPSA) is 64.1 Å². The van der Waals surface area contributed by atoms with Crippen LogP contribution in [0, 0.1) is 18.8 Å². The molecule has 1 N–H and O–H groups in total. The number of esters is 1. The molecule has 24 heavy (non-hydrogen) atoms. The van der Waals surface area contributed by atoms with Gasteiger partial charge in [0.25, 0.3) is 0 Å². The lowest BCUT2D eigenvalue weighted by molar-refractivity contribution is -0.146. The molecule has 0 spiro atoms. The zero-order valence-corrected chi connectivity index (χ0v) is 15.1. The molecule has 5 heteroatoms. The van der Waals surface area contributed by atoms with Crippen molar-refractivity contribution in [2.45, 2.75) is 53.0 Å². The second-order valence-electron chi connectivity index (χ2n) is 6.30. The minimum absolute atomic E-state index is 0.0307. The highest BCUT2D eigenvalue weighted by molar-refractivity contribution is 5.76. The summed E-state index contributed by atoms with van der Waals surface area (Å²) in [6.45, 7) is 6.75. The Balaban J connectivity index is 0.00000100. The molecule has 1 aromatic heterocycles. The van der Waals surface area contributed by atoms with Crippen LogP contribution in [0.2, 0.25) is 0 Å². The van der Waals surface area contributed by atoms with Crippen LogP contribution in [0.1, 0.15) is 45.1 Å². The summed E-state index contributed by atoms with van der Waals surface area (Å²) in [5.74, 6) is 0.375. The molecule has 1 aliphatic carbocycles. The molecule has 0 bridgehead atoms. The molecule has 0 radical (unpaired) electrons. The van der Waals surface area contributed by atoms with Gasteiger partial charge in [-0.15, -0.1) is 0 Å². The molecule has 0 atom stereocenters. The quantitative estimate of drug-likeness (QED) is 0.873. The number of aromatic nitrogens is 2. The Bertz CT molecular complexity index is 737. The van der Waals surface area contributed by atoms with E-state index in [4.69, 9.17) is 4.74 Å². The normalized spacial score (nSPS) is 20.3. The van der Waals surface area contributed by atoms with E-state index in [1.54, 1.807) is 0 Å². The van der Waals surface area contributed by atoms with E-state index < -0.39 is 0 Å². The number of ether oxygens (including phenoxy) is 1. The van der Waals surface area contributed by atoms with E-state index in [-0.39, 0.29) is 17.6 Å². The van der Waals surface area contributed by atoms with Gasteiger partial charge < -0.3 is 9.72 Å². The van der Waals surface area contributed by atoms with Crippen molar-refractivity contribution in [1.29, 1.82) is 0 Å². The number of aromatic amines is 1. The van der Waals surface area contributed by atoms with Crippen molar-refractivity contribution in [3.63, 3.8) is 0 Å². The van der Waals surface area contributed by atoms with Crippen LogP contribution in [-0.4, -0.2) is 22.6 Å². The van der Waals surface area contributed by atoms with Gasteiger partial charge in [0, 0.05) is 6.54 Å². The summed E-state index contributed by atoms with van der Waals surface area (Å²) in [7, 11) is 1.45. The zero-order chi connectivity index (χ0) is 17.7.